The highest BCUT2D eigenvalue weighted by Crippen LogP contribution is 2.35. The summed E-state index contributed by atoms with van der Waals surface area (Å²) in [6.45, 7) is 2.02. The second-order valence-corrected chi connectivity index (χ2v) is 9.33. The van der Waals surface area contributed by atoms with E-state index in [1.54, 1.807) is 23.3 Å². The molecule has 10 heteroatoms. The van der Waals surface area contributed by atoms with Gasteiger partial charge in [0.2, 0.25) is 11.7 Å². The monoisotopic (exact) mass is 469 g/mol. The van der Waals surface area contributed by atoms with Crippen molar-refractivity contribution in [1.82, 2.24) is 24.6 Å². The summed E-state index contributed by atoms with van der Waals surface area (Å²) < 4.78 is 13.0. The first-order chi connectivity index (χ1) is 16.2. The summed E-state index contributed by atoms with van der Waals surface area (Å²) in [7, 11) is 0. The van der Waals surface area contributed by atoms with Gasteiger partial charge in [0.25, 0.3) is 5.91 Å². The molecule has 1 saturated carbocycles. The van der Waals surface area contributed by atoms with Crippen LogP contribution in [0.4, 0.5) is 0 Å². The standard InChI is InChI=1S/C23H27N5O4S/c29-20(26-10-12-27(13-11-26)22(30)19-9-5-15-32-19)16-33-23-25-24-21(18-8-4-14-31-18)28(23)17-6-2-1-3-7-17/h4-5,8-9,14-15,17H,1-3,6-7,10-13,16H2. The summed E-state index contributed by atoms with van der Waals surface area (Å²) in [6, 6.07) is 7.43. The Hall–Kier alpha value is -3.01. The second kappa shape index (κ2) is 9.86. The molecule has 0 atom stereocenters. The van der Waals surface area contributed by atoms with Crippen molar-refractivity contribution in [2.45, 2.75) is 43.3 Å². The van der Waals surface area contributed by atoms with Crippen molar-refractivity contribution in [2.75, 3.05) is 31.9 Å². The maximum absolute atomic E-state index is 12.9. The summed E-state index contributed by atoms with van der Waals surface area (Å²) in [5.41, 5.74) is 0. The predicted octanol–water partition coefficient (Wildman–Crippen LogP) is 3.71. The molecule has 3 aromatic heterocycles. The fourth-order valence-corrected chi connectivity index (χ4v) is 5.46. The van der Waals surface area contributed by atoms with Crippen LogP contribution in [0.1, 0.15) is 48.7 Å². The molecule has 2 aliphatic rings. The van der Waals surface area contributed by atoms with E-state index in [-0.39, 0.29) is 17.6 Å². The van der Waals surface area contributed by atoms with E-state index in [1.807, 2.05) is 17.0 Å². The minimum Gasteiger partial charge on any atom is -0.461 e. The number of hydrogen-bond donors (Lipinski definition) is 0. The highest BCUT2D eigenvalue weighted by atomic mass is 32.2. The lowest BCUT2D eigenvalue weighted by atomic mass is 9.95. The zero-order valence-electron chi connectivity index (χ0n) is 18.4. The average molecular weight is 470 g/mol. The maximum Gasteiger partial charge on any atom is 0.289 e. The summed E-state index contributed by atoms with van der Waals surface area (Å²) in [4.78, 5) is 28.9. The molecule has 0 N–H and O–H groups in total. The third kappa shape index (κ3) is 4.71. The van der Waals surface area contributed by atoms with Crippen LogP contribution in [0.3, 0.4) is 0 Å². The SMILES string of the molecule is O=C(CSc1nnc(-c2ccco2)n1C1CCCCC1)N1CCN(C(=O)c2ccco2)CC1. The van der Waals surface area contributed by atoms with E-state index in [9.17, 15) is 9.59 Å². The van der Waals surface area contributed by atoms with Crippen LogP contribution in [0.5, 0.6) is 0 Å². The molecule has 3 aromatic rings. The molecule has 2 fully saturated rings. The molecule has 5 rings (SSSR count). The molecular formula is C23H27N5O4S. The van der Waals surface area contributed by atoms with Gasteiger partial charge in [0.05, 0.1) is 18.3 Å². The van der Waals surface area contributed by atoms with Crippen LogP contribution in [-0.4, -0.2) is 68.3 Å². The first-order valence-corrected chi connectivity index (χ1v) is 12.4. The van der Waals surface area contributed by atoms with Crippen LogP contribution in [0, 0.1) is 0 Å². The Morgan fingerprint density at radius 1 is 0.939 bits per heavy atom. The number of thioether (sulfide) groups is 1. The Morgan fingerprint density at radius 3 is 2.36 bits per heavy atom. The fraction of sp³-hybridized carbons (Fsp3) is 0.478. The van der Waals surface area contributed by atoms with Gasteiger partial charge in [-0.3, -0.25) is 14.2 Å². The summed E-state index contributed by atoms with van der Waals surface area (Å²) in [5.74, 6) is 1.96. The number of hydrogen-bond acceptors (Lipinski definition) is 7. The average Bonchev–Trinajstić information content (AvgIpc) is 3.64. The van der Waals surface area contributed by atoms with Crippen LogP contribution in [0.25, 0.3) is 11.6 Å². The maximum atomic E-state index is 12.9. The van der Waals surface area contributed by atoms with Crippen molar-refractivity contribution in [2.24, 2.45) is 0 Å². The van der Waals surface area contributed by atoms with E-state index in [4.69, 9.17) is 8.83 Å². The van der Waals surface area contributed by atoms with E-state index in [0.29, 0.717) is 43.7 Å². The highest BCUT2D eigenvalue weighted by Gasteiger charge is 2.28. The molecular weight excluding hydrogens is 442 g/mol. The van der Waals surface area contributed by atoms with Gasteiger partial charge in [0, 0.05) is 32.2 Å². The fourth-order valence-electron chi connectivity index (χ4n) is 4.55. The van der Waals surface area contributed by atoms with Gasteiger partial charge in [-0.1, -0.05) is 31.0 Å². The quantitative estimate of drug-likeness (QED) is 0.508. The zero-order valence-corrected chi connectivity index (χ0v) is 19.2. The second-order valence-electron chi connectivity index (χ2n) is 8.38. The minimum atomic E-state index is -0.132. The van der Waals surface area contributed by atoms with Crippen LogP contribution < -0.4 is 0 Å². The molecule has 9 nitrogen and oxygen atoms in total. The number of nitrogens with zero attached hydrogens (tertiary/aromatic N) is 5. The largest absolute Gasteiger partial charge is 0.461 e. The van der Waals surface area contributed by atoms with Crippen molar-refractivity contribution < 1.29 is 18.4 Å². The van der Waals surface area contributed by atoms with Crippen molar-refractivity contribution in [3.8, 4) is 11.6 Å². The highest BCUT2D eigenvalue weighted by molar-refractivity contribution is 7.99. The Morgan fingerprint density at radius 2 is 1.67 bits per heavy atom. The Balaban J connectivity index is 1.21. The third-order valence-electron chi connectivity index (χ3n) is 6.32. The molecule has 0 aromatic carbocycles. The summed E-state index contributed by atoms with van der Waals surface area (Å²) >= 11 is 1.43. The van der Waals surface area contributed by atoms with Crippen molar-refractivity contribution in [3.05, 3.63) is 42.6 Å². The molecule has 4 heterocycles. The van der Waals surface area contributed by atoms with E-state index in [0.717, 1.165) is 23.8 Å². The van der Waals surface area contributed by atoms with E-state index >= 15 is 0 Å². The lowest BCUT2D eigenvalue weighted by Gasteiger charge is -2.34. The van der Waals surface area contributed by atoms with Gasteiger partial charge < -0.3 is 18.6 Å². The van der Waals surface area contributed by atoms with Crippen LogP contribution in [-0.2, 0) is 4.79 Å². The Labute approximate surface area is 196 Å². The zero-order chi connectivity index (χ0) is 22.6. The van der Waals surface area contributed by atoms with Gasteiger partial charge in [-0.15, -0.1) is 10.2 Å². The molecule has 0 bridgehead atoms. The predicted molar refractivity (Wildman–Crippen MR) is 122 cm³/mol. The molecule has 0 unspecified atom stereocenters. The third-order valence-corrected chi connectivity index (χ3v) is 7.25. The van der Waals surface area contributed by atoms with Crippen LogP contribution in [0.2, 0.25) is 0 Å². The number of amides is 2. The number of carbonyl (C=O) groups is 2. The topological polar surface area (TPSA) is 97.6 Å². The van der Waals surface area contributed by atoms with E-state index in [1.165, 1.54) is 37.3 Å². The summed E-state index contributed by atoms with van der Waals surface area (Å²) in [6.07, 6.45) is 8.92. The van der Waals surface area contributed by atoms with Crippen LogP contribution in [0.15, 0.2) is 50.8 Å². The smallest absolute Gasteiger partial charge is 0.289 e. The van der Waals surface area contributed by atoms with Crippen molar-refractivity contribution in [1.29, 1.82) is 0 Å². The van der Waals surface area contributed by atoms with Gasteiger partial charge in [-0.25, -0.2) is 0 Å². The Bertz CT molecular complexity index is 1060. The molecule has 2 amide bonds. The van der Waals surface area contributed by atoms with Crippen molar-refractivity contribution >= 4 is 23.6 Å². The molecule has 174 valence electrons. The normalized spacial score (nSPS) is 17.5. The molecule has 1 aliphatic carbocycles. The minimum absolute atomic E-state index is 0.0443. The van der Waals surface area contributed by atoms with E-state index in [2.05, 4.69) is 14.8 Å². The lowest BCUT2D eigenvalue weighted by molar-refractivity contribution is -0.129. The Kier molecular flexibility index (Phi) is 6.52. The summed E-state index contributed by atoms with van der Waals surface area (Å²) in [5, 5.41) is 9.57. The van der Waals surface area contributed by atoms with Gasteiger partial charge in [0.1, 0.15) is 0 Å². The molecule has 0 radical (unpaired) electrons. The lowest BCUT2D eigenvalue weighted by Crippen LogP contribution is -2.51. The first-order valence-electron chi connectivity index (χ1n) is 11.4. The first kappa shape index (κ1) is 21.8. The molecule has 33 heavy (non-hydrogen) atoms. The van der Waals surface area contributed by atoms with Crippen molar-refractivity contribution in [3.63, 3.8) is 0 Å². The van der Waals surface area contributed by atoms with Gasteiger partial charge in [0.15, 0.2) is 16.7 Å². The number of rotatable bonds is 6. The molecule has 1 saturated heterocycles. The number of aromatic nitrogens is 3. The molecule has 1 aliphatic heterocycles. The number of furan rings is 2. The van der Waals surface area contributed by atoms with Crippen LogP contribution >= 0.6 is 11.8 Å². The number of piperazine rings is 1. The number of carbonyl (C=O) groups excluding carboxylic acids is 2. The molecule has 0 spiro atoms. The van der Waals surface area contributed by atoms with Gasteiger partial charge >= 0.3 is 0 Å². The van der Waals surface area contributed by atoms with Gasteiger partial charge in [-0.2, -0.15) is 0 Å². The van der Waals surface area contributed by atoms with Gasteiger partial charge in [-0.05, 0) is 37.1 Å². The van der Waals surface area contributed by atoms with E-state index < -0.39 is 0 Å².